The molecule has 1 aliphatic heterocycles. The number of nitrogens with zero attached hydrogens (tertiary/aromatic N) is 2. The summed E-state index contributed by atoms with van der Waals surface area (Å²) in [6.07, 6.45) is 6.11. The average molecular weight is 560 g/mol. The molecule has 9 nitrogen and oxygen atoms in total. The summed E-state index contributed by atoms with van der Waals surface area (Å²) < 4.78 is 12.1. The SMILES string of the molecule is CC(C)(C)OC(=O)C(Oc1ccc(NC(=O)c2cccnc2NCc2ccncc2)cc1C(C)(C)C)C1CCCN1. The molecular weight excluding hydrogens is 518 g/mol. The third-order valence-electron chi connectivity index (χ3n) is 6.66. The van der Waals surface area contributed by atoms with E-state index in [1.54, 1.807) is 36.8 Å². The first kappa shape index (κ1) is 30.0. The van der Waals surface area contributed by atoms with Crippen LogP contribution in [0.4, 0.5) is 11.5 Å². The highest BCUT2D eigenvalue weighted by atomic mass is 16.6. The normalized spacial score (nSPS) is 16.1. The molecule has 0 aliphatic carbocycles. The smallest absolute Gasteiger partial charge is 0.349 e. The summed E-state index contributed by atoms with van der Waals surface area (Å²) in [6, 6.07) is 12.7. The van der Waals surface area contributed by atoms with Gasteiger partial charge < -0.3 is 25.4 Å². The van der Waals surface area contributed by atoms with Gasteiger partial charge in [0.05, 0.1) is 11.6 Å². The number of carbonyl (C=O) groups excluding carboxylic acids is 2. The number of rotatable bonds is 9. The van der Waals surface area contributed by atoms with Crippen molar-refractivity contribution in [1.29, 1.82) is 0 Å². The maximum absolute atomic E-state index is 13.4. The second kappa shape index (κ2) is 12.7. The molecule has 9 heteroatoms. The molecule has 0 radical (unpaired) electrons. The number of amides is 1. The number of esters is 1. The van der Waals surface area contributed by atoms with Crippen molar-refractivity contribution in [3.63, 3.8) is 0 Å². The van der Waals surface area contributed by atoms with Gasteiger partial charge in [0.1, 0.15) is 17.2 Å². The van der Waals surface area contributed by atoms with Crippen LogP contribution in [0, 0.1) is 0 Å². The number of hydrogen-bond acceptors (Lipinski definition) is 8. The van der Waals surface area contributed by atoms with Crippen molar-refractivity contribution in [2.45, 2.75) is 84.1 Å². The van der Waals surface area contributed by atoms with Crippen LogP contribution < -0.4 is 20.7 Å². The van der Waals surface area contributed by atoms with Crippen LogP contribution in [0.2, 0.25) is 0 Å². The van der Waals surface area contributed by atoms with Crippen molar-refractivity contribution in [3.8, 4) is 5.75 Å². The lowest BCUT2D eigenvalue weighted by atomic mass is 9.86. The topological polar surface area (TPSA) is 114 Å². The second-order valence-electron chi connectivity index (χ2n) is 12.3. The minimum absolute atomic E-state index is 0.138. The Kier molecular flexibility index (Phi) is 9.28. The lowest BCUT2D eigenvalue weighted by Crippen LogP contribution is -2.47. The summed E-state index contributed by atoms with van der Waals surface area (Å²) in [7, 11) is 0. The lowest BCUT2D eigenvalue weighted by molar-refractivity contribution is -0.164. The average Bonchev–Trinajstić information content (AvgIpc) is 3.45. The molecule has 1 aromatic carbocycles. The van der Waals surface area contributed by atoms with E-state index in [-0.39, 0.29) is 17.4 Å². The highest BCUT2D eigenvalue weighted by Crippen LogP contribution is 2.35. The largest absolute Gasteiger partial charge is 0.477 e. The Bertz CT molecular complexity index is 1340. The summed E-state index contributed by atoms with van der Waals surface area (Å²) in [5.41, 5.74) is 1.98. The van der Waals surface area contributed by atoms with Crippen LogP contribution >= 0.6 is 0 Å². The molecule has 1 saturated heterocycles. The molecule has 41 heavy (non-hydrogen) atoms. The zero-order valence-corrected chi connectivity index (χ0v) is 24.8. The third-order valence-corrected chi connectivity index (χ3v) is 6.66. The maximum Gasteiger partial charge on any atom is 0.349 e. The van der Waals surface area contributed by atoms with E-state index in [4.69, 9.17) is 9.47 Å². The van der Waals surface area contributed by atoms with E-state index >= 15 is 0 Å². The molecule has 1 fully saturated rings. The monoisotopic (exact) mass is 559 g/mol. The van der Waals surface area contributed by atoms with Gasteiger partial charge in [0.25, 0.3) is 5.91 Å². The van der Waals surface area contributed by atoms with Crippen molar-refractivity contribution in [2.24, 2.45) is 0 Å². The van der Waals surface area contributed by atoms with Gasteiger partial charge in [0, 0.05) is 36.4 Å². The predicted molar refractivity (Wildman–Crippen MR) is 160 cm³/mol. The number of pyridine rings is 2. The molecule has 0 bridgehead atoms. The van der Waals surface area contributed by atoms with Crippen LogP contribution in [0.1, 0.15) is 75.9 Å². The van der Waals surface area contributed by atoms with Crippen LogP contribution in [0.15, 0.2) is 61.1 Å². The quantitative estimate of drug-likeness (QED) is 0.295. The number of aromatic nitrogens is 2. The van der Waals surface area contributed by atoms with E-state index in [9.17, 15) is 9.59 Å². The standard InChI is InChI=1S/C32H41N5O4/c1-31(2,3)24-19-22(11-12-26(24)40-27(25-10-8-15-34-25)30(39)41-32(4,5)6)37-29(38)23-9-7-16-35-28(23)36-20-21-13-17-33-18-14-21/h7,9,11-14,16-19,25,27,34H,8,10,15,20H2,1-6H3,(H,35,36)(H,37,38). The molecule has 0 spiro atoms. The zero-order valence-electron chi connectivity index (χ0n) is 24.8. The Morgan fingerprint density at radius 3 is 2.46 bits per heavy atom. The second-order valence-corrected chi connectivity index (χ2v) is 12.3. The molecule has 1 amide bonds. The Balaban J connectivity index is 1.55. The molecular formula is C32H41N5O4. The van der Waals surface area contributed by atoms with Crippen LogP contribution in [0.25, 0.3) is 0 Å². The lowest BCUT2D eigenvalue weighted by Gasteiger charge is -2.30. The Morgan fingerprint density at radius 1 is 1.05 bits per heavy atom. The number of carbonyl (C=O) groups is 2. The Morgan fingerprint density at radius 2 is 1.80 bits per heavy atom. The minimum Gasteiger partial charge on any atom is -0.477 e. The van der Waals surface area contributed by atoms with E-state index in [0.29, 0.717) is 29.4 Å². The summed E-state index contributed by atoms with van der Waals surface area (Å²) in [5, 5.41) is 9.64. The maximum atomic E-state index is 13.4. The van der Waals surface area contributed by atoms with E-state index < -0.39 is 17.7 Å². The third kappa shape index (κ3) is 8.27. The van der Waals surface area contributed by atoms with Gasteiger partial charge in [-0.25, -0.2) is 9.78 Å². The van der Waals surface area contributed by atoms with E-state index in [2.05, 4.69) is 46.7 Å². The molecule has 3 N–H and O–H groups in total. The molecule has 2 atom stereocenters. The molecule has 4 rings (SSSR count). The van der Waals surface area contributed by atoms with Gasteiger partial charge in [0.2, 0.25) is 6.10 Å². The molecule has 218 valence electrons. The minimum atomic E-state index is -0.789. The van der Waals surface area contributed by atoms with E-state index in [1.165, 1.54) is 0 Å². The first-order chi connectivity index (χ1) is 19.4. The van der Waals surface area contributed by atoms with Gasteiger partial charge >= 0.3 is 5.97 Å². The van der Waals surface area contributed by atoms with E-state index in [1.807, 2.05) is 45.0 Å². The molecule has 3 aromatic rings. The van der Waals surface area contributed by atoms with Gasteiger partial charge in [-0.05, 0) is 93.6 Å². The number of nitrogens with one attached hydrogen (secondary N) is 3. The first-order valence-electron chi connectivity index (χ1n) is 14.1. The molecule has 1 aliphatic rings. The fraction of sp³-hybridized carbons (Fsp3) is 0.438. The fourth-order valence-corrected chi connectivity index (χ4v) is 4.67. The van der Waals surface area contributed by atoms with Gasteiger partial charge in [0.15, 0.2) is 0 Å². The van der Waals surface area contributed by atoms with Gasteiger partial charge in [-0.1, -0.05) is 20.8 Å². The summed E-state index contributed by atoms with van der Waals surface area (Å²) in [6.45, 7) is 13.1. The van der Waals surface area contributed by atoms with Crippen LogP contribution in [-0.4, -0.2) is 46.1 Å². The van der Waals surface area contributed by atoms with Crippen LogP contribution in [0.3, 0.4) is 0 Å². The van der Waals surface area contributed by atoms with Crippen molar-refractivity contribution < 1.29 is 19.1 Å². The Labute approximate surface area is 242 Å². The predicted octanol–water partition coefficient (Wildman–Crippen LogP) is 5.48. The summed E-state index contributed by atoms with van der Waals surface area (Å²) in [5.74, 6) is 0.395. The fourth-order valence-electron chi connectivity index (χ4n) is 4.67. The summed E-state index contributed by atoms with van der Waals surface area (Å²) in [4.78, 5) is 35.0. The van der Waals surface area contributed by atoms with Gasteiger partial charge in [-0.2, -0.15) is 0 Å². The molecule has 2 unspecified atom stereocenters. The van der Waals surface area contributed by atoms with Crippen LogP contribution in [0.5, 0.6) is 5.75 Å². The number of ether oxygens (including phenoxy) is 2. The van der Waals surface area contributed by atoms with Crippen molar-refractivity contribution in [1.82, 2.24) is 15.3 Å². The molecule has 0 saturated carbocycles. The number of anilines is 2. The first-order valence-corrected chi connectivity index (χ1v) is 14.1. The van der Waals surface area contributed by atoms with Crippen molar-refractivity contribution in [3.05, 3.63) is 77.7 Å². The summed E-state index contributed by atoms with van der Waals surface area (Å²) >= 11 is 0. The van der Waals surface area contributed by atoms with E-state index in [0.717, 1.165) is 30.5 Å². The van der Waals surface area contributed by atoms with Crippen molar-refractivity contribution >= 4 is 23.4 Å². The zero-order chi connectivity index (χ0) is 29.6. The Hall–Kier alpha value is -3.98. The highest BCUT2D eigenvalue weighted by molar-refractivity contribution is 6.07. The van der Waals surface area contributed by atoms with Crippen LogP contribution in [-0.2, 0) is 21.5 Å². The highest BCUT2D eigenvalue weighted by Gasteiger charge is 2.37. The molecule has 2 aromatic heterocycles. The van der Waals surface area contributed by atoms with Gasteiger partial charge in [-0.3, -0.25) is 9.78 Å². The van der Waals surface area contributed by atoms with Crippen molar-refractivity contribution in [2.75, 3.05) is 17.2 Å². The van der Waals surface area contributed by atoms with Gasteiger partial charge in [-0.15, -0.1) is 0 Å². The number of hydrogen-bond donors (Lipinski definition) is 3. The molecule has 3 heterocycles. The number of benzene rings is 1.